The van der Waals surface area contributed by atoms with Gasteiger partial charge in [-0.25, -0.2) is 15.0 Å². The summed E-state index contributed by atoms with van der Waals surface area (Å²) in [7, 11) is 0. The predicted molar refractivity (Wildman–Crippen MR) is 75.7 cm³/mol. The number of halogens is 1. The lowest BCUT2D eigenvalue weighted by atomic mass is 10.1. The van der Waals surface area contributed by atoms with Crippen LogP contribution in [0.3, 0.4) is 0 Å². The van der Waals surface area contributed by atoms with Crippen LogP contribution in [0.15, 0.2) is 6.20 Å². The molecule has 1 aliphatic heterocycles. The number of nitrogens with one attached hydrogen (secondary N) is 1. The predicted octanol–water partition coefficient (Wildman–Crippen LogP) is 2.76. The van der Waals surface area contributed by atoms with E-state index in [1.165, 1.54) is 11.3 Å². The van der Waals surface area contributed by atoms with Crippen LogP contribution in [0, 0.1) is 0 Å². The Kier molecular flexibility index (Phi) is 3.63. The monoisotopic (exact) mass is 296 g/mol. The molecule has 0 saturated carbocycles. The molecule has 0 aromatic carbocycles. The zero-order chi connectivity index (χ0) is 13.2. The molecule has 0 fully saturated rings. The molecule has 0 spiro atoms. The van der Waals surface area contributed by atoms with Gasteiger partial charge in [0.15, 0.2) is 10.8 Å². The van der Waals surface area contributed by atoms with Crippen molar-refractivity contribution in [3.8, 4) is 10.8 Å². The summed E-state index contributed by atoms with van der Waals surface area (Å²) in [6.07, 6.45) is 2.43. The molecule has 3 rings (SSSR count). The topological polar surface area (TPSA) is 59.9 Å². The van der Waals surface area contributed by atoms with Crippen LogP contribution in [-0.2, 0) is 17.8 Å². The number of hydrogen-bond acceptors (Lipinski definition) is 6. The molecule has 0 amide bonds. The molecule has 2 aromatic heterocycles. The average molecular weight is 297 g/mol. The van der Waals surface area contributed by atoms with Gasteiger partial charge < -0.3 is 10.1 Å². The quantitative estimate of drug-likeness (QED) is 0.944. The lowest BCUT2D eigenvalue weighted by Gasteiger charge is -2.19. The Morgan fingerprint density at radius 1 is 1.47 bits per heavy atom. The number of fused-ring (bicyclic) bond motifs is 1. The largest absolute Gasteiger partial charge is 0.376 e. The van der Waals surface area contributed by atoms with Crippen molar-refractivity contribution in [1.29, 1.82) is 0 Å². The molecular weight excluding hydrogens is 284 g/mol. The molecule has 0 unspecified atom stereocenters. The van der Waals surface area contributed by atoms with Crippen molar-refractivity contribution < 1.29 is 4.74 Å². The van der Waals surface area contributed by atoms with Crippen molar-refractivity contribution in [3.05, 3.63) is 21.8 Å². The summed E-state index contributed by atoms with van der Waals surface area (Å²) in [6, 6.07) is 0. The second-order valence-electron chi connectivity index (χ2n) is 4.12. The second kappa shape index (κ2) is 5.40. The molecular formula is C12H13ClN4OS. The van der Waals surface area contributed by atoms with Crippen molar-refractivity contribution in [3.63, 3.8) is 0 Å². The third-order valence-corrected chi connectivity index (χ3v) is 3.95. The van der Waals surface area contributed by atoms with Gasteiger partial charge in [-0.3, -0.25) is 0 Å². The molecule has 100 valence electrons. The van der Waals surface area contributed by atoms with Crippen LogP contribution in [0.4, 0.5) is 5.82 Å². The van der Waals surface area contributed by atoms with Crippen molar-refractivity contribution in [2.24, 2.45) is 0 Å². The SMILES string of the molecule is CCNc1nc(-c2ncc(Cl)s2)nc2c1COCC2. The molecule has 5 nitrogen and oxygen atoms in total. The fourth-order valence-electron chi connectivity index (χ4n) is 2.00. The third kappa shape index (κ3) is 2.56. The highest BCUT2D eigenvalue weighted by atomic mass is 35.5. The first-order valence-corrected chi connectivity index (χ1v) is 7.30. The van der Waals surface area contributed by atoms with Gasteiger partial charge in [0, 0.05) is 18.5 Å². The van der Waals surface area contributed by atoms with Crippen LogP contribution in [0.25, 0.3) is 10.8 Å². The molecule has 1 N–H and O–H groups in total. The summed E-state index contributed by atoms with van der Waals surface area (Å²) >= 11 is 7.31. The van der Waals surface area contributed by atoms with E-state index in [2.05, 4.69) is 20.3 Å². The van der Waals surface area contributed by atoms with Crippen molar-refractivity contribution in [2.45, 2.75) is 20.0 Å². The molecule has 7 heteroatoms. The number of hydrogen-bond donors (Lipinski definition) is 1. The lowest BCUT2D eigenvalue weighted by Crippen LogP contribution is -2.17. The van der Waals surface area contributed by atoms with E-state index in [0.29, 0.717) is 23.4 Å². The maximum absolute atomic E-state index is 5.92. The maximum atomic E-state index is 5.92. The van der Waals surface area contributed by atoms with Crippen LogP contribution in [-0.4, -0.2) is 28.1 Å². The zero-order valence-electron chi connectivity index (χ0n) is 10.4. The lowest BCUT2D eigenvalue weighted by molar-refractivity contribution is 0.109. The number of nitrogens with zero attached hydrogens (tertiary/aromatic N) is 3. The average Bonchev–Trinajstić information content (AvgIpc) is 2.86. The first-order valence-electron chi connectivity index (χ1n) is 6.11. The minimum Gasteiger partial charge on any atom is -0.376 e. The van der Waals surface area contributed by atoms with Crippen LogP contribution in [0.1, 0.15) is 18.2 Å². The zero-order valence-corrected chi connectivity index (χ0v) is 12.0. The molecule has 1 aliphatic rings. The highest BCUT2D eigenvalue weighted by Crippen LogP contribution is 2.29. The fraction of sp³-hybridized carbons (Fsp3) is 0.417. The molecule has 0 bridgehead atoms. The van der Waals surface area contributed by atoms with Crippen LogP contribution < -0.4 is 5.32 Å². The van der Waals surface area contributed by atoms with E-state index >= 15 is 0 Å². The van der Waals surface area contributed by atoms with Gasteiger partial charge in [0.25, 0.3) is 0 Å². The molecule has 0 saturated heterocycles. The summed E-state index contributed by atoms with van der Waals surface area (Å²) in [5.41, 5.74) is 2.10. The van der Waals surface area contributed by atoms with Gasteiger partial charge >= 0.3 is 0 Å². The Bertz CT molecular complexity index is 601. The molecule has 3 heterocycles. The maximum Gasteiger partial charge on any atom is 0.190 e. The van der Waals surface area contributed by atoms with Gasteiger partial charge in [-0.1, -0.05) is 22.9 Å². The summed E-state index contributed by atoms with van der Waals surface area (Å²) in [5.74, 6) is 1.47. The number of thiazole rings is 1. The third-order valence-electron chi connectivity index (χ3n) is 2.84. The normalized spacial score (nSPS) is 14.2. The van der Waals surface area contributed by atoms with Crippen molar-refractivity contribution in [1.82, 2.24) is 15.0 Å². The summed E-state index contributed by atoms with van der Waals surface area (Å²) in [5, 5.41) is 4.01. The first-order chi connectivity index (χ1) is 9.28. The Morgan fingerprint density at radius 2 is 2.37 bits per heavy atom. The fourth-order valence-corrected chi connectivity index (χ4v) is 2.85. The number of anilines is 1. The van der Waals surface area contributed by atoms with E-state index in [4.69, 9.17) is 16.3 Å². The minimum absolute atomic E-state index is 0.566. The van der Waals surface area contributed by atoms with Crippen LogP contribution in [0.5, 0.6) is 0 Å². The highest BCUT2D eigenvalue weighted by Gasteiger charge is 2.19. The van der Waals surface area contributed by atoms with Gasteiger partial charge in [-0.05, 0) is 6.92 Å². The molecule has 0 radical (unpaired) electrons. The standard InChI is InChI=1S/C12H13ClN4OS/c1-2-14-10-7-6-18-4-3-8(7)16-11(17-10)12-15-5-9(13)19-12/h5H,2-4,6H2,1H3,(H,14,16,17). The summed E-state index contributed by atoms with van der Waals surface area (Å²) in [4.78, 5) is 13.4. The van der Waals surface area contributed by atoms with Crippen molar-refractivity contribution in [2.75, 3.05) is 18.5 Å². The van der Waals surface area contributed by atoms with Gasteiger partial charge in [-0.15, -0.1) is 0 Å². The van der Waals surface area contributed by atoms with Gasteiger partial charge in [0.1, 0.15) is 10.2 Å². The second-order valence-corrected chi connectivity index (χ2v) is 5.79. The van der Waals surface area contributed by atoms with E-state index < -0.39 is 0 Å². The Morgan fingerprint density at radius 3 is 3.11 bits per heavy atom. The highest BCUT2D eigenvalue weighted by molar-refractivity contribution is 7.18. The Balaban J connectivity index is 2.08. The Labute approximate surface area is 120 Å². The number of ether oxygens (including phenoxy) is 1. The van der Waals surface area contributed by atoms with Gasteiger partial charge in [0.2, 0.25) is 0 Å². The van der Waals surface area contributed by atoms with Crippen LogP contribution in [0.2, 0.25) is 4.34 Å². The van der Waals surface area contributed by atoms with E-state index in [-0.39, 0.29) is 0 Å². The van der Waals surface area contributed by atoms with E-state index in [1.54, 1.807) is 6.20 Å². The number of aromatic nitrogens is 3. The smallest absolute Gasteiger partial charge is 0.190 e. The summed E-state index contributed by atoms with van der Waals surface area (Å²) < 4.78 is 6.12. The van der Waals surface area contributed by atoms with E-state index in [1.807, 2.05) is 6.92 Å². The van der Waals surface area contributed by atoms with E-state index in [0.717, 1.165) is 35.0 Å². The Hall–Kier alpha value is -1.24. The molecule has 2 aromatic rings. The first kappa shape index (κ1) is 12.8. The van der Waals surface area contributed by atoms with Crippen LogP contribution >= 0.6 is 22.9 Å². The summed E-state index contributed by atoms with van der Waals surface area (Å²) in [6.45, 7) is 4.11. The molecule has 0 atom stereocenters. The molecule has 0 aliphatic carbocycles. The van der Waals surface area contributed by atoms with E-state index in [9.17, 15) is 0 Å². The number of rotatable bonds is 3. The van der Waals surface area contributed by atoms with Gasteiger partial charge in [0.05, 0.1) is 25.1 Å². The minimum atomic E-state index is 0.566. The molecule has 19 heavy (non-hydrogen) atoms. The van der Waals surface area contributed by atoms with Gasteiger partial charge in [-0.2, -0.15) is 0 Å². The van der Waals surface area contributed by atoms with Crippen molar-refractivity contribution >= 4 is 28.8 Å².